The molecule has 2 aromatic rings. The molecule has 0 saturated heterocycles. The molecular weight excluding hydrogens is 364 g/mol. The SMILES string of the molecule is CCOC(=O)COC12CCC(c3ccc(OCc4ccccc4)cc3)(CC1)CC2. The van der Waals surface area contributed by atoms with Gasteiger partial charge in [-0.3, -0.25) is 0 Å². The molecule has 3 saturated carbocycles. The Morgan fingerprint density at radius 1 is 0.897 bits per heavy atom. The Bertz CT molecular complexity index is 788. The van der Waals surface area contributed by atoms with Crippen LogP contribution in [-0.4, -0.2) is 24.8 Å². The number of hydrogen-bond acceptors (Lipinski definition) is 4. The summed E-state index contributed by atoms with van der Waals surface area (Å²) >= 11 is 0. The Morgan fingerprint density at radius 3 is 2.17 bits per heavy atom. The molecule has 0 spiro atoms. The highest BCUT2D eigenvalue weighted by atomic mass is 16.6. The molecule has 4 nitrogen and oxygen atoms in total. The Morgan fingerprint density at radius 2 is 1.55 bits per heavy atom. The number of fused-ring (bicyclic) bond motifs is 3. The van der Waals surface area contributed by atoms with Crippen LogP contribution in [0, 0.1) is 0 Å². The van der Waals surface area contributed by atoms with Crippen LogP contribution in [0.3, 0.4) is 0 Å². The van der Waals surface area contributed by atoms with Crippen LogP contribution in [0.2, 0.25) is 0 Å². The fraction of sp³-hybridized carbons (Fsp3) is 0.480. The van der Waals surface area contributed by atoms with Crippen molar-refractivity contribution in [2.75, 3.05) is 13.2 Å². The van der Waals surface area contributed by atoms with Crippen LogP contribution in [0.25, 0.3) is 0 Å². The quantitative estimate of drug-likeness (QED) is 0.578. The minimum Gasteiger partial charge on any atom is -0.489 e. The number of carbonyl (C=O) groups is 1. The molecular formula is C25H30O4. The molecule has 0 N–H and O–H groups in total. The largest absolute Gasteiger partial charge is 0.489 e. The maximum Gasteiger partial charge on any atom is 0.332 e. The van der Waals surface area contributed by atoms with E-state index >= 15 is 0 Å². The molecule has 0 unspecified atom stereocenters. The molecule has 3 fully saturated rings. The highest BCUT2D eigenvalue weighted by molar-refractivity contribution is 5.70. The Hall–Kier alpha value is -2.33. The van der Waals surface area contributed by atoms with Gasteiger partial charge in [-0.25, -0.2) is 4.79 Å². The Labute approximate surface area is 173 Å². The van der Waals surface area contributed by atoms with E-state index in [9.17, 15) is 4.79 Å². The van der Waals surface area contributed by atoms with Crippen molar-refractivity contribution >= 4 is 5.97 Å². The van der Waals surface area contributed by atoms with Gasteiger partial charge in [0.25, 0.3) is 0 Å². The molecule has 0 amide bonds. The molecule has 3 aliphatic carbocycles. The molecule has 0 aliphatic heterocycles. The first-order chi connectivity index (χ1) is 14.1. The molecule has 29 heavy (non-hydrogen) atoms. The molecule has 2 bridgehead atoms. The Balaban J connectivity index is 1.34. The number of hydrogen-bond donors (Lipinski definition) is 0. The summed E-state index contributed by atoms with van der Waals surface area (Å²) in [5.74, 6) is 0.656. The van der Waals surface area contributed by atoms with E-state index in [0.29, 0.717) is 13.2 Å². The molecule has 4 heteroatoms. The van der Waals surface area contributed by atoms with Crippen molar-refractivity contribution in [1.82, 2.24) is 0 Å². The zero-order valence-electron chi connectivity index (χ0n) is 17.2. The maximum atomic E-state index is 11.7. The maximum absolute atomic E-state index is 11.7. The molecule has 3 aliphatic rings. The van der Waals surface area contributed by atoms with Crippen molar-refractivity contribution in [3.8, 4) is 5.75 Å². The van der Waals surface area contributed by atoms with Gasteiger partial charge in [-0.15, -0.1) is 0 Å². The van der Waals surface area contributed by atoms with E-state index in [1.54, 1.807) is 0 Å². The second-order valence-electron chi connectivity index (χ2n) is 8.36. The first kappa shape index (κ1) is 20.0. The lowest BCUT2D eigenvalue weighted by molar-refractivity contribution is -0.165. The monoisotopic (exact) mass is 394 g/mol. The van der Waals surface area contributed by atoms with Gasteiger partial charge in [-0.05, 0) is 74.1 Å². The van der Waals surface area contributed by atoms with E-state index in [1.165, 1.54) is 11.1 Å². The minimum atomic E-state index is -0.254. The number of benzene rings is 2. The van der Waals surface area contributed by atoms with E-state index in [4.69, 9.17) is 14.2 Å². The first-order valence-electron chi connectivity index (χ1n) is 10.7. The molecule has 0 atom stereocenters. The zero-order valence-corrected chi connectivity index (χ0v) is 17.2. The van der Waals surface area contributed by atoms with Gasteiger partial charge in [0.2, 0.25) is 0 Å². The highest BCUT2D eigenvalue weighted by Gasteiger charge is 2.50. The summed E-state index contributed by atoms with van der Waals surface area (Å²) in [7, 11) is 0. The van der Waals surface area contributed by atoms with Gasteiger partial charge in [-0.1, -0.05) is 42.5 Å². The van der Waals surface area contributed by atoms with Crippen LogP contribution >= 0.6 is 0 Å². The topological polar surface area (TPSA) is 44.8 Å². The van der Waals surface area contributed by atoms with Crippen molar-refractivity contribution in [2.24, 2.45) is 0 Å². The molecule has 0 radical (unpaired) electrons. The van der Waals surface area contributed by atoms with E-state index in [0.717, 1.165) is 44.3 Å². The van der Waals surface area contributed by atoms with Gasteiger partial charge in [0.05, 0.1) is 12.2 Å². The van der Waals surface area contributed by atoms with Crippen molar-refractivity contribution in [2.45, 2.75) is 63.1 Å². The summed E-state index contributed by atoms with van der Waals surface area (Å²) in [6.07, 6.45) is 6.37. The summed E-state index contributed by atoms with van der Waals surface area (Å²) in [6.45, 7) is 2.90. The summed E-state index contributed by atoms with van der Waals surface area (Å²) in [5, 5.41) is 0. The second-order valence-corrected chi connectivity index (χ2v) is 8.36. The van der Waals surface area contributed by atoms with Gasteiger partial charge in [0.1, 0.15) is 19.0 Å². The van der Waals surface area contributed by atoms with E-state index in [-0.39, 0.29) is 23.6 Å². The van der Waals surface area contributed by atoms with E-state index in [1.807, 2.05) is 25.1 Å². The van der Waals surface area contributed by atoms with Gasteiger partial charge >= 0.3 is 5.97 Å². The first-order valence-corrected chi connectivity index (χ1v) is 10.7. The smallest absolute Gasteiger partial charge is 0.332 e. The van der Waals surface area contributed by atoms with Gasteiger partial charge in [-0.2, -0.15) is 0 Å². The van der Waals surface area contributed by atoms with Gasteiger partial charge < -0.3 is 14.2 Å². The lowest BCUT2D eigenvalue weighted by Gasteiger charge is -2.53. The minimum absolute atomic E-state index is 0.0777. The van der Waals surface area contributed by atoms with Crippen LogP contribution in [0.1, 0.15) is 56.6 Å². The van der Waals surface area contributed by atoms with Crippen LogP contribution in [0.15, 0.2) is 54.6 Å². The average Bonchev–Trinajstić information content (AvgIpc) is 2.79. The normalized spacial score (nSPS) is 25.6. The average molecular weight is 395 g/mol. The summed E-state index contributed by atoms with van der Waals surface area (Å²) in [4.78, 5) is 11.7. The van der Waals surface area contributed by atoms with Crippen molar-refractivity contribution in [3.63, 3.8) is 0 Å². The zero-order chi connectivity index (χ0) is 20.2. The standard InChI is InChI=1S/C25H30O4/c1-2-27-23(26)19-29-25-15-12-24(13-16-25,14-17-25)21-8-10-22(11-9-21)28-18-20-6-4-3-5-7-20/h3-11H,2,12-19H2,1H3. The fourth-order valence-corrected chi connectivity index (χ4v) is 4.86. The summed E-state index contributed by atoms with van der Waals surface area (Å²) in [5.41, 5.74) is 2.69. The number of carbonyl (C=O) groups excluding carboxylic acids is 1. The molecule has 0 heterocycles. The highest BCUT2D eigenvalue weighted by Crippen LogP contribution is 2.55. The van der Waals surface area contributed by atoms with Crippen molar-refractivity contribution < 1.29 is 19.0 Å². The van der Waals surface area contributed by atoms with Crippen molar-refractivity contribution in [1.29, 1.82) is 0 Å². The third kappa shape index (κ3) is 4.48. The van der Waals surface area contributed by atoms with Crippen LogP contribution in [0.5, 0.6) is 5.75 Å². The Kier molecular flexibility index (Phi) is 5.91. The summed E-state index contributed by atoms with van der Waals surface area (Å²) in [6, 6.07) is 18.9. The third-order valence-electron chi connectivity index (χ3n) is 6.69. The molecule has 5 rings (SSSR count). The van der Waals surface area contributed by atoms with Crippen molar-refractivity contribution in [3.05, 3.63) is 65.7 Å². The third-order valence-corrected chi connectivity index (χ3v) is 6.69. The molecule has 154 valence electrons. The summed E-state index contributed by atoms with van der Waals surface area (Å²) < 4.78 is 17.0. The van der Waals surface area contributed by atoms with E-state index < -0.39 is 0 Å². The predicted molar refractivity (Wildman–Crippen MR) is 112 cm³/mol. The van der Waals surface area contributed by atoms with Crippen LogP contribution < -0.4 is 4.74 Å². The van der Waals surface area contributed by atoms with E-state index in [2.05, 4.69) is 36.4 Å². The lowest BCUT2D eigenvalue weighted by Crippen LogP contribution is -2.50. The number of ether oxygens (including phenoxy) is 3. The fourth-order valence-electron chi connectivity index (χ4n) is 4.86. The van der Waals surface area contributed by atoms with Gasteiger partial charge in [0, 0.05) is 0 Å². The van der Waals surface area contributed by atoms with Crippen LogP contribution in [0.4, 0.5) is 0 Å². The molecule has 2 aromatic carbocycles. The predicted octanol–water partition coefficient (Wildman–Crippen LogP) is 5.19. The van der Waals surface area contributed by atoms with Crippen LogP contribution in [-0.2, 0) is 26.3 Å². The van der Waals surface area contributed by atoms with Gasteiger partial charge in [0.15, 0.2) is 0 Å². The number of esters is 1. The molecule has 0 aromatic heterocycles. The number of rotatable bonds is 8. The lowest BCUT2D eigenvalue weighted by atomic mass is 9.56. The second kappa shape index (κ2) is 8.58.